The fraction of sp³-hybridized carbons (Fsp3) is 0.333. The van der Waals surface area contributed by atoms with Gasteiger partial charge >= 0.3 is 0 Å². The Morgan fingerprint density at radius 2 is 1.76 bits per heavy atom. The van der Waals surface area contributed by atoms with Crippen LogP contribution in [0, 0.1) is 3.57 Å². The van der Waals surface area contributed by atoms with Gasteiger partial charge in [-0.2, -0.15) is 0 Å². The first-order chi connectivity index (χ1) is 10.1. The lowest BCUT2D eigenvalue weighted by molar-refractivity contribution is 0.690. The van der Waals surface area contributed by atoms with Crippen molar-refractivity contribution in [1.29, 1.82) is 0 Å². The molecule has 0 saturated heterocycles. The minimum absolute atomic E-state index is 0.474. The van der Waals surface area contributed by atoms with Gasteiger partial charge in [0.05, 0.1) is 14.3 Å². The van der Waals surface area contributed by atoms with Crippen molar-refractivity contribution in [2.45, 2.75) is 31.6 Å². The van der Waals surface area contributed by atoms with E-state index in [2.05, 4.69) is 27.6 Å². The highest BCUT2D eigenvalue weighted by atomic mass is 127. The second kappa shape index (κ2) is 6.57. The Bertz CT molecular complexity index is 685. The van der Waals surface area contributed by atoms with E-state index in [9.17, 15) is 0 Å². The molecule has 1 saturated carbocycles. The molecule has 1 aromatic heterocycles. The number of benzene rings is 1. The first-order valence-electron chi connectivity index (χ1n) is 6.74. The standard InChI is InChI=1S/C15H12Cl3IN2/c16-9-5-6-10(11(17)7-9)15-20-13(8-3-1-2-4-8)12(19)14(18)21-15/h5-8H,1-4H2. The summed E-state index contributed by atoms with van der Waals surface area (Å²) in [6.07, 6.45) is 4.83. The van der Waals surface area contributed by atoms with Crippen molar-refractivity contribution in [1.82, 2.24) is 9.97 Å². The molecule has 2 aromatic rings. The van der Waals surface area contributed by atoms with E-state index in [-0.39, 0.29) is 0 Å². The van der Waals surface area contributed by atoms with E-state index in [1.807, 2.05) is 6.07 Å². The Morgan fingerprint density at radius 1 is 1.05 bits per heavy atom. The molecule has 0 N–H and O–H groups in total. The van der Waals surface area contributed by atoms with E-state index in [1.165, 1.54) is 12.8 Å². The second-order valence-electron chi connectivity index (χ2n) is 5.14. The van der Waals surface area contributed by atoms with Crippen molar-refractivity contribution < 1.29 is 0 Å². The highest BCUT2D eigenvalue weighted by Gasteiger charge is 2.24. The molecule has 1 aromatic carbocycles. The van der Waals surface area contributed by atoms with E-state index in [4.69, 9.17) is 39.8 Å². The molecule has 21 heavy (non-hydrogen) atoms. The summed E-state index contributed by atoms with van der Waals surface area (Å²) < 4.78 is 0.954. The van der Waals surface area contributed by atoms with Crippen molar-refractivity contribution >= 4 is 57.4 Å². The van der Waals surface area contributed by atoms with Gasteiger partial charge < -0.3 is 0 Å². The third-order valence-electron chi connectivity index (χ3n) is 3.75. The molecule has 2 nitrogen and oxygen atoms in total. The molecule has 1 heterocycles. The molecule has 0 bridgehead atoms. The van der Waals surface area contributed by atoms with Gasteiger partial charge in [-0.25, -0.2) is 9.97 Å². The van der Waals surface area contributed by atoms with Crippen molar-refractivity contribution in [2.75, 3.05) is 0 Å². The Kier molecular flexibility index (Phi) is 4.94. The van der Waals surface area contributed by atoms with Crippen LogP contribution < -0.4 is 0 Å². The SMILES string of the molecule is Clc1ccc(-c2nc(Cl)c(I)c(C3CCCC3)n2)c(Cl)c1. The average molecular weight is 454 g/mol. The van der Waals surface area contributed by atoms with Crippen molar-refractivity contribution in [2.24, 2.45) is 0 Å². The molecule has 0 aliphatic heterocycles. The molecule has 6 heteroatoms. The Balaban J connectivity index is 2.10. The van der Waals surface area contributed by atoms with Crippen LogP contribution in [0.1, 0.15) is 37.3 Å². The van der Waals surface area contributed by atoms with E-state index in [0.29, 0.717) is 26.9 Å². The number of hydrogen-bond donors (Lipinski definition) is 0. The van der Waals surface area contributed by atoms with Crippen molar-refractivity contribution in [3.05, 3.63) is 42.7 Å². The van der Waals surface area contributed by atoms with Gasteiger partial charge in [0.25, 0.3) is 0 Å². The summed E-state index contributed by atoms with van der Waals surface area (Å²) in [7, 11) is 0. The quantitative estimate of drug-likeness (QED) is 0.390. The number of aromatic nitrogens is 2. The smallest absolute Gasteiger partial charge is 0.162 e. The summed E-state index contributed by atoms with van der Waals surface area (Å²) in [6, 6.07) is 5.32. The molecular formula is C15H12Cl3IN2. The molecule has 110 valence electrons. The van der Waals surface area contributed by atoms with Crippen LogP contribution in [-0.2, 0) is 0 Å². The number of halogens is 4. The third kappa shape index (κ3) is 3.31. The molecule has 0 spiro atoms. The second-order valence-corrected chi connectivity index (χ2v) is 7.42. The number of hydrogen-bond acceptors (Lipinski definition) is 2. The van der Waals surface area contributed by atoms with Crippen LogP contribution >= 0.6 is 57.4 Å². The van der Waals surface area contributed by atoms with Gasteiger partial charge in [0.2, 0.25) is 0 Å². The molecule has 1 aliphatic carbocycles. The van der Waals surface area contributed by atoms with E-state index >= 15 is 0 Å². The molecule has 0 unspecified atom stereocenters. The highest BCUT2D eigenvalue weighted by molar-refractivity contribution is 14.1. The van der Waals surface area contributed by atoms with E-state index in [0.717, 1.165) is 27.7 Å². The van der Waals surface area contributed by atoms with Crippen LogP contribution in [0.15, 0.2) is 18.2 Å². The zero-order valence-corrected chi connectivity index (χ0v) is 15.5. The fourth-order valence-electron chi connectivity index (χ4n) is 2.70. The summed E-state index contributed by atoms with van der Waals surface area (Å²) in [6.45, 7) is 0. The molecule has 0 amide bonds. The lowest BCUT2D eigenvalue weighted by atomic mass is 10.0. The van der Waals surface area contributed by atoms with Crippen molar-refractivity contribution in [3.63, 3.8) is 0 Å². The van der Waals surface area contributed by atoms with E-state index in [1.54, 1.807) is 12.1 Å². The van der Waals surface area contributed by atoms with Gasteiger partial charge in [0.15, 0.2) is 5.82 Å². The molecule has 0 atom stereocenters. The minimum Gasteiger partial charge on any atom is -0.232 e. The van der Waals surface area contributed by atoms with Crippen LogP contribution in [0.4, 0.5) is 0 Å². The largest absolute Gasteiger partial charge is 0.232 e. The van der Waals surface area contributed by atoms with Crippen LogP contribution in [0.2, 0.25) is 15.2 Å². The minimum atomic E-state index is 0.474. The predicted octanol–water partition coefficient (Wildman–Crippen LogP) is 6.37. The summed E-state index contributed by atoms with van der Waals surface area (Å²) in [4.78, 5) is 9.13. The topological polar surface area (TPSA) is 25.8 Å². The zero-order valence-electron chi connectivity index (χ0n) is 11.0. The maximum absolute atomic E-state index is 6.30. The van der Waals surface area contributed by atoms with Crippen molar-refractivity contribution in [3.8, 4) is 11.4 Å². The monoisotopic (exact) mass is 452 g/mol. The Morgan fingerprint density at radius 3 is 2.43 bits per heavy atom. The lowest BCUT2D eigenvalue weighted by Gasteiger charge is -2.14. The summed E-state index contributed by atoms with van der Waals surface area (Å²) in [5, 5.41) is 1.63. The molecular weight excluding hydrogens is 441 g/mol. The Hall–Kier alpha value is -0.100. The van der Waals surface area contributed by atoms with Crippen LogP contribution in [-0.4, -0.2) is 9.97 Å². The third-order valence-corrected chi connectivity index (χ3v) is 5.95. The summed E-state index contributed by atoms with van der Waals surface area (Å²) in [5.41, 5.74) is 1.81. The van der Waals surface area contributed by atoms with Crippen LogP contribution in [0.5, 0.6) is 0 Å². The van der Waals surface area contributed by atoms with Gasteiger partial charge in [0, 0.05) is 16.5 Å². The molecule has 0 radical (unpaired) electrons. The molecule has 1 aliphatic rings. The molecule has 3 rings (SSSR count). The maximum Gasteiger partial charge on any atom is 0.162 e. The average Bonchev–Trinajstić information content (AvgIpc) is 2.96. The van der Waals surface area contributed by atoms with Crippen LogP contribution in [0.25, 0.3) is 11.4 Å². The van der Waals surface area contributed by atoms with Crippen LogP contribution in [0.3, 0.4) is 0 Å². The first-order valence-corrected chi connectivity index (χ1v) is 8.96. The summed E-state index contributed by atoms with van der Waals surface area (Å²) >= 11 is 20.7. The van der Waals surface area contributed by atoms with Gasteiger partial charge in [-0.05, 0) is 53.6 Å². The van der Waals surface area contributed by atoms with Gasteiger partial charge in [-0.15, -0.1) is 0 Å². The van der Waals surface area contributed by atoms with E-state index < -0.39 is 0 Å². The van der Waals surface area contributed by atoms with Gasteiger partial charge in [-0.1, -0.05) is 47.6 Å². The first kappa shape index (κ1) is 15.8. The zero-order chi connectivity index (χ0) is 15.0. The highest BCUT2D eigenvalue weighted by Crippen LogP contribution is 2.38. The fourth-order valence-corrected chi connectivity index (χ4v) is 4.05. The van der Waals surface area contributed by atoms with Gasteiger partial charge in [0.1, 0.15) is 5.15 Å². The number of nitrogens with zero attached hydrogens (tertiary/aromatic N) is 2. The molecule has 1 fully saturated rings. The lowest BCUT2D eigenvalue weighted by Crippen LogP contribution is -2.05. The van der Waals surface area contributed by atoms with Gasteiger partial charge in [-0.3, -0.25) is 0 Å². The number of rotatable bonds is 2. The normalized spacial score (nSPS) is 15.6. The summed E-state index contributed by atoms with van der Waals surface area (Å²) in [5.74, 6) is 1.05. The maximum atomic E-state index is 6.30. The predicted molar refractivity (Wildman–Crippen MR) is 96.4 cm³/mol. The Labute approximate surface area is 152 Å².